The number of ether oxygens (including phenoxy) is 1. The minimum absolute atomic E-state index is 0.000705. The van der Waals surface area contributed by atoms with Gasteiger partial charge >= 0.3 is 0 Å². The van der Waals surface area contributed by atoms with E-state index in [-0.39, 0.29) is 5.56 Å². The summed E-state index contributed by atoms with van der Waals surface area (Å²) in [6, 6.07) is 19.3. The van der Waals surface area contributed by atoms with Gasteiger partial charge in [0.05, 0.1) is 5.52 Å². The fraction of sp³-hybridized carbons (Fsp3) is 0.167. The second-order valence-electron chi connectivity index (χ2n) is 4.88. The molecule has 0 radical (unpaired) electrons. The van der Waals surface area contributed by atoms with E-state index in [4.69, 9.17) is 4.74 Å². The number of benzene rings is 2. The molecule has 0 aliphatic heterocycles. The number of aromatic nitrogens is 1. The van der Waals surface area contributed by atoms with Crippen LogP contribution in [0.5, 0.6) is 5.75 Å². The molecule has 0 unspecified atom stereocenters. The molecule has 0 spiro atoms. The van der Waals surface area contributed by atoms with Crippen LogP contribution in [-0.2, 0) is 13.2 Å². The molecule has 0 N–H and O–H groups in total. The van der Waals surface area contributed by atoms with Crippen molar-refractivity contribution in [3.8, 4) is 5.75 Å². The Bertz CT molecular complexity index is 806. The van der Waals surface area contributed by atoms with Crippen LogP contribution in [0.25, 0.3) is 10.9 Å². The van der Waals surface area contributed by atoms with E-state index in [0.717, 1.165) is 22.2 Å². The smallest absolute Gasteiger partial charge is 0.251 e. The zero-order valence-corrected chi connectivity index (χ0v) is 12.0. The van der Waals surface area contributed by atoms with E-state index < -0.39 is 0 Å². The van der Waals surface area contributed by atoms with Gasteiger partial charge in [-0.15, -0.1) is 0 Å². The van der Waals surface area contributed by atoms with Gasteiger partial charge in [0, 0.05) is 18.0 Å². The Balaban J connectivity index is 2.02. The summed E-state index contributed by atoms with van der Waals surface area (Å²) in [5.41, 5.74) is 1.97. The Morgan fingerprint density at radius 1 is 0.952 bits per heavy atom. The number of aryl methyl sites for hydroxylation is 1. The van der Waals surface area contributed by atoms with Gasteiger partial charge < -0.3 is 9.30 Å². The second kappa shape index (κ2) is 5.83. The number of hydrogen-bond donors (Lipinski definition) is 0. The van der Waals surface area contributed by atoms with E-state index in [2.05, 4.69) is 0 Å². The fourth-order valence-corrected chi connectivity index (χ4v) is 2.49. The summed E-state index contributed by atoms with van der Waals surface area (Å²) in [5.74, 6) is 0.746. The summed E-state index contributed by atoms with van der Waals surface area (Å²) in [7, 11) is 0. The molecule has 3 rings (SSSR count). The first-order valence-corrected chi connectivity index (χ1v) is 7.09. The van der Waals surface area contributed by atoms with Crippen LogP contribution in [0.1, 0.15) is 12.5 Å². The van der Waals surface area contributed by atoms with Crippen LogP contribution in [0.4, 0.5) is 0 Å². The highest BCUT2D eigenvalue weighted by Gasteiger charge is 2.08. The largest absolute Gasteiger partial charge is 0.487 e. The Hall–Kier alpha value is -2.55. The standard InChI is InChI=1S/C18H17NO2/c1-2-19-17(20)12-11-15-9-6-10-16(18(15)19)21-13-14-7-4-3-5-8-14/h3-12H,2,13H2,1H3. The number of fused-ring (bicyclic) bond motifs is 1. The lowest BCUT2D eigenvalue weighted by molar-refractivity contribution is 0.308. The van der Waals surface area contributed by atoms with Crippen LogP contribution in [0.3, 0.4) is 0 Å². The van der Waals surface area contributed by atoms with Crippen LogP contribution in [0.15, 0.2) is 65.5 Å². The van der Waals surface area contributed by atoms with Crippen molar-refractivity contribution in [3.63, 3.8) is 0 Å². The van der Waals surface area contributed by atoms with Gasteiger partial charge in [-0.2, -0.15) is 0 Å². The highest BCUT2D eigenvalue weighted by atomic mass is 16.5. The van der Waals surface area contributed by atoms with Crippen LogP contribution in [0.2, 0.25) is 0 Å². The molecule has 0 aliphatic rings. The molecule has 2 aromatic carbocycles. The normalized spacial score (nSPS) is 10.7. The molecule has 21 heavy (non-hydrogen) atoms. The molecule has 0 saturated heterocycles. The van der Waals surface area contributed by atoms with E-state index in [1.165, 1.54) is 0 Å². The van der Waals surface area contributed by atoms with E-state index in [9.17, 15) is 4.79 Å². The third-order valence-electron chi connectivity index (χ3n) is 3.53. The Kier molecular flexibility index (Phi) is 3.73. The molecule has 1 aromatic heterocycles. The van der Waals surface area contributed by atoms with Crippen molar-refractivity contribution >= 4 is 10.9 Å². The van der Waals surface area contributed by atoms with Gasteiger partial charge in [0.25, 0.3) is 5.56 Å². The molecular formula is C18H17NO2. The molecule has 3 aromatic rings. The number of pyridine rings is 1. The first-order chi connectivity index (χ1) is 10.3. The zero-order chi connectivity index (χ0) is 14.7. The maximum absolute atomic E-state index is 12.0. The minimum Gasteiger partial charge on any atom is -0.487 e. The molecule has 3 heteroatoms. The van der Waals surface area contributed by atoms with Gasteiger partial charge in [-0.05, 0) is 24.6 Å². The average molecular weight is 279 g/mol. The molecule has 0 bridgehead atoms. The average Bonchev–Trinajstić information content (AvgIpc) is 2.54. The number of hydrogen-bond acceptors (Lipinski definition) is 2. The molecule has 106 valence electrons. The van der Waals surface area contributed by atoms with E-state index in [0.29, 0.717) is 13.2 Å². The van der Waals surface area contributed by atoms with Crippen molar-refractivity contribution in [2.24, 2.45) is 0 Å². The maximum Gasteiger partial charge on any atom is 0.251 e. The molecule has 0 amide bonds. The van der Waals surface area contributed by atoms with Crippen LogP contribution in [-0.4, -0.2) is 4.57 Å². The predicted octanol–water partition coefficient (Wildman–Crippen LogP) is 3.60. The van der Waals surface area contributed by atoms with Crippen LogP contribution in [0, 0.1) is 0 Å². The summed E-state index contributed by atoms with van der Waals surface area (Å²) in [4.78, 5) is 12.0. The lowest BCUT2D eigenvalue weighted by Gasteiger charge is -2.13. The van der Waals surface area contributed by atoms with Gasteiger partial charge in [-0.1, -0.05) is 42.5 Å². The Labute approximate surface area is 123 Å². The quantitative estimate of drug-likeness (QED) is 0.730. The highest BCUT2D eigenvalue weighted by molar-refractivity contribution is 5.84. The first kappa shape index (κ1) is 13.4. The summed E-state index contributed by atoms with van der Waals surface area (Å²) < 4.78 is 7.69. The summed E-state index contributed by atoms with van der Waals surface area (Å²) in [6.45, 7) is 3.09. The summed E-state index contributed by atoms with van der Waals surface area (Å²) >= 11 is 0. The van der Waals surface area contributed by atoms with Gasteiger partial charge in [-0.3, -0.25) is 4.79 Å². The number of rotatable bonds is 4. The topological polar surface area (TPSA) is 31.2 Å². The molecule has 0 atom stereocenters. The van der Waals surface area contributed by atoms with Crippen LogP contribution < -0.4 is 10.3 Å². The molecule has 1 heterocycles. The van der Waals surface area contributed by atoms with E-state index >= 15 is 0 Å². The summed E-state index contributed by atoms with van der Waals surface area (Å²) in [6.07, 6.45) is 0. The Morgan fingerprint density at radius 2 is 1.76 bits per heavy atom. The monoisotopic (exact) mass is 279 g/mol. The molecule has 3 nitrogen and oxygen atoms in total. The molecule has 0 saturated carbocycles. The Morgan fingerprint density at radius 3 is 2.52 bits per heavy atom. The van der Waals surface area contributed by atoms with E-state index in [1.807, 2.05) is 61.5 Å². The fourth-order valence-electron chi connectivity index (χ4n) is 2.49. The summed E-state index contributed by atoms with van der Waals surface area (Å²) in [5, 5.41) is 1.02. The minimum atomic E-state index is 0.000705. The van der Waals surface area contributed by atoms with Crippen molar-refractivity contribution in [3.05, 3.63) is 76.6 Å². The molecular weight excluding hydrogens is 262 g/mol. The zero-order valence-electron chi connectivity index (χ0n) is 12.0. The third-order valence-corrected chi connectivity index (χ3v) is 3.53. The van der Waals surface area contributed by atoms with E-state index in [1.54, 1.807) is 10.6 Å². The van der Waals surface area contributed by atoms with Crippen LogP contribution >= 0.6 is 0 Å². The van der Waals surface area contributed by atoms with Crippen molar-refractivity contribution in [2.45, 2.75) is 20.1 Å². The SMILES string of the molecule is CCn1c(=O)ccc2cccc(OCc3ccccc3)c21. The number of nitrogens with zero attached hydrogens (tertiary/aromatic N) is 1. The lowest BCUT2D eigenvalue weighted by Crippen LogP contribution is -2.18. The lowest BCUT2D eigenvalue weighted by atomic mass is 10.2. The predicted molar refractivity (Wildman–Crippen MR) is 84.7 cm³/mol. The van der Waals surface area contributed by atoms with Gasteiger partial charge in [-0.25, -0.2) is 0 Å². The van der Waals surface area contributed by atoms with Crippen molar-refractivity contribution in [2.75, 3.05) is 0 Å². The second-order valence-corrected chi connectivity index (χ2v) is 4.88. The maximum atomic E-state index is 12.0. The highest BCUT2D eigenvalue weighted by Crippen LogP contribution is 2.25. The molecule has 0 fully saturated rings. The molecule has 0 aliphatic carbocycles. The van der Waals surface area contributed by atoms with Crippen molar-refractivity contribution in [1.29, 1.82) is 0 Å². The third kappa shape index (κ3) is 2.68. The van der Waals surface area contributed by atoms with Crippen molar-refractivity contribution in [1.82, 2.24) is 4.57 Å². The first-order valence-electron chi connectivity index (χ1n) is 7.09. The van der Waals surface area contributed by atoms with Gasteiger partial charge in [0.2, 0.25) is 0 Å². The van der Waals surface area contributed by atoms with Gasteiger partial charge in [0.15, 0.2) is 0 Å². The van der Waals surface area contributed by atoms with Crippen molar-refractivity contribution < 1.29 is 4.74 Å². The van der Waals surface area contributed by atoms with Gasteiger partial charge in [0.1, 0.15) is 12.4 Å². The number of para-hydroxylation sites is 1.